The van der Waals surface area contributed by atoms with Crippen molar-refractivity contribution in [2.45, 2.75) is 32.2 Å². The van der Waals surface area contributed by atoms with Gasteiger partial charge in [-0.25, -0.2) is 9.67 Å². The highest BCUT2D eigenvalue weighted by atomic mass is 16.5. The second kappa shape index (κ2) is 6.60. The Morgan fingerprint density at radius 2 is 2.27 bits per heavy atom. The zero-order valence-electron chi connectivity index (χ0n) is 12.7. The van der Waals surface area contributed by atoms with E-state index < -0.39 is 0 Å². The summed E-state index contributed by atoms with van der Waals surface area (Å²) in [6.45, 7) is 2.70. The van der Waals surface area contributed by atoms with Gasteiger partial charge in [0.05, 0.1) is 6.54 Å². The molecule has 2 aromatic rings. The summed E-state index contributed by atoms with van der Waals surface area (Å²) in [4.78, 5) is 15.8. The number of carbonyl (C=O) groups excluding carboxylic acids is 1. The number of hydrogen-bond acceptors (Lipinski definition) is 4. The molecule has 1 amide bonds. The van der Waals surface area contributed by atoms with E-state index in [1.165, 1.54) is 41.3 Å². The van der Waals surface area contributed by atoms with E-state index in [0.717, 1.165) is 12.2 Å². The van der Waals surface area contributed by atoms with E-state index in [2.05, 4.69) is 27.5 Å². The lowest BCUT2D eigenvalue weighted by molar-refractivity contribution is -0.124. The minimum Gasteiger partial charge on any atom is -0.492 e. The van der Waals surface area contributed by atoms with E-state index in [9.17, 15) is 4.79 Å². The number of aryl methyl sites for hydroxylation is 2. The molecule has 0 aliphatic heterocycles. The molecule has 1 aliphatic rings. The van der Waals surface area contributed by atoms with E-state index in [1.54, 1.807) is 6.92 Å². The summed E-state index contributed by atoms with van der Waals surface area (Å²) in [6.07, 6.45) is 6.49. The predicted octanol–water partition coefficient (Wildman–Crippen LogP) is 1.52. The van der Waals surface area contributed by atoms with Crippen LogP contribution in [0.4, 0.5) is 0 Å². The zero-order valence-corrected chi connectivity index (χ0v) is 12.7. The summed E-state index contributed by atoms with van der Waals surface area (Å²) >= 11 is 0. The number of rotatable bonds is 6. The number of nitrogens with one attached hydrogen (secondary N) is 1. The summed E-state index contributed by atoms with van der Waals surface area (Å²) in [6, 6.07) is 5.89. The Morgan fingerprint density at radius 3 is 3.09 bits per heavy atom. The lowest BCUT2D eigenvalue weighted by atomic mass is 10.1. The molecule has 3 rings (SSSR count). The molecule has 0 saturated heterocycles. The van der Waals surface area contributed by atoms with Crippen molar-refractivity contribution in [2.24, 2.45) is 0 Å². The fourth-order valence-electron chi connectivity index (χ4n) is 2.67. The maximum absolute atomic E-state index is 12.0. The number of carbonyl (C=O) groups is 1. The number of aromatic nitrogens is 3. The highest BCUT2D eigenvalue weighted by Crippen LogP contribution is 2.25. The molecule has 22 heavy (non-hydrogen) atoms. The standard InChI is InChI=1S/C16H20N4O2/c1-12(20-11-17-10-19-20)16(21)18-7-8-22-15-6-5-13-3-2-4-14(13)9-15/h5-6,9-12H,2-4,7-8H2,1H3,(H,18,21)/t12-/m0/s1. The molecule has 6 nitrogen and oxygen atoms in total. The molecule has 0 spiro atoms. The lowest BCUT2D eigenvalue weighted by Gasteiger charge is -2.13. The van der Waals surface area contributed by atoms with Gasteiger partial charge in [0.2, 0.25) is 5.91 Å². The van der Waals surface area contributed by atoms with Crippen molar-refractivity contribution in [2.75, 3.05) is 13.2 Å². The Morgan fingerprint density at radius 1 is 1.41 bits per heavy atom. The predicted molar refractivity (Wildman–Crippen MR) is 81.7 cm³/mol. The van der Waals surface area contributed by atoms with Crippen molar-refractivity contribution >= 4 is 5.91 Å². The van der Waals surface area contributed by atoms with E-state index in [0.29, 0.717) is 13.2 Å². The molecular formula is C16H20N4O2. The van der Waals surface area contributed by atoms with Crippen LogP contribution >= 0.6 is 0 Å². The number of ether oxygens (including phenoxy) is 1. The van der Waals surface area contributed by atoms with E-state index in [4.69, 9.17) is 4.74 Å². The first-order chi connectivity index (χ1) is 10.7. The number of hydrogen-bond donors (Lipinski definition) is 1. The van der Waals surface area contributed by atoms with Crippen LogP contribution in [-0.4, -0.2) is 33.8 Å². The monoisotopic (exact) mass is 300 g/mol. The highest BCUT2D eigenvalue weighted by molar-refractivity contribution is 5.79. The van der Waals surface area contributed by atoms with Gasteiger partial charge in [-0.3, -0.25) is 4.79 Å². The Balaban J connectivity index is 1.43. The molecule has 116 valence electrons. The molecule has 0 saturated carbocycles. The van der Waals surface area contributed by atoms with Crippen LogP contribution < -0.4 is 10.1 Å². The van der Waals surface area contributed by atoms with E-state index >= 15 is 0 Å². The van der Waals surface area contributed by atoms with Crippen LogP contribution in [0, 0.1) is 0 Å². The van der Waals surface area contributed by atoms with Crippen molar-refractivity contribution in [3.8, 4) is 5.75 Å². The first kappa shape index (κ1) is 14.6. The first-order valence-electron chi connectivity index (χ1n) is 7.60. The van der Waals surface area contributed by atoms with Crippen LogP contribution in [0.25, 0.3) is 0 Å². The summed E-state index contributed by atoms with van der Waals surface area (Å²) in [5.74, 6) is 0.780. The largest absolute Gasteiger partial charge is 0.492 e. The second-order valence-electron chi connectivity index (χ2n) is 5.48. The number of nitrogens with zero attached hydrogens (tertiary/aromatic N) is 3. The molecule has 0 unspecified atom stereocenters. The zero-order chi connectivity index (χ0) is 15.4. The molecule has 0 bridgehead atoms. The second-order valence-corrected chi connectivity index (χ2v) is 5.48. The van der Waals surface area contributed by atoms with Gasteiger partial charge in [-0.2, -0.15) is 5.10 Å². The lowest BCUT2D eigenvalue weighted by Crippen LogP contribution is -2.34. The SMILES string of the molecule is C[C@@H](C(=O)NCCOc1ccc2c(c1)CCC2)n1cncn1. The molecular weight excluding hydrogens is 280 g/mol. The van der Waals surface area contributed by atoms with Crippen molar-refractivity contribution < 1.29 is 9.53 Å². The van der Waals surface area contributed by atoms with E-state index in [-0.39, 0.29) is 11.9 Å². The van der Waals surface area contributed by atoms with Crippen molar-refractivity contribution in [1.82, 2.24) is 20.1 Å². The fraction of sp³-hybridized carbons (Fsp3) is 0.438. The van der Waals surface area contributed by atoms with Crippen molar-refractivity contribution in [1.29, 1.82) is 0 Å². The molecule has 1 aliphatic carbocycles. The Bertz CT molecular complexity index is 640. The topological polar surface area (TPSA) is 69.0 Å². The van der Waals surface area contributed by atoms with Crippen LogP contribution in [-0.2, 0) is 17.6 Å². The Hall–Kier alpha value is -2.37. The van der Waals surface area contributed by atoms with E-state index in [1.807, 2.05) is 6.07 Å². The minimum atomic E-state index is -0.373. The van der Waals surface area contributed by atoms with Gasteiger partial charge in [-0.1, -0.05) is 6.07 Å². The smallest absolute Gasteiger partial charge is 0.244 e. The van der Waals surface area contributed by atoms with Gasteiger partial charge < -0.3 is 10.1 Å². The number of amides is 1. The average molecular weight is 300 g/mol. The average Bonchev–Trinajstić information content (AvgIpc) is 3.20. The summed E-state index contributed by atoms with van der Waals surface area (Å²) < 4.78 is 7.23. The maximum Gasteiger partial charge on any atom is 0.244 e. The summed E-state index contributed by atoms with van der Waals surface area (Å²) in [7, 11) is 0. The molecule has 1 heterocycles. The fourth-order valence-corrected chi connectivity index (χ4v) is 2.67. The number of benzene rings is 1. The molecule has 0 fully saturated rings. The van der Waals surface area contributed by atoms with Crippen LogP contribution in [0.5, 0.6) is 5.75 Å². The first-order valence-corrected chi connectivity index (χ1v) is 7.60. The van der Waals surface area contributed by atoms with Crippen molar-refractivity contribution in [3.63, 3.8) is 0 Å². The molecule has 1 N–H and O–H groups in total. The maximum atomic E-state index is 12.0. The molecule has 1 aromatic heterocycles. The molecule has 0 radical (unpaired) electrons. The third kappa shape index (κ3) is 3.27. The third-order valence-corrected chi connectivity index (χ3v) is 3.95. The normalized spacial score (nSPS) is 14.4. The van der Waals surface area contributed by atoms with Gasteiger partial charge in [-0.05, 0) is 49.4 Å². The third-order valence-electron chi connectivity index (χ3n) is 3.95. The quantitative estimate of drug-likeness (QED) is 0.821. The van der Waals surface area contributed by atoms with Crippen LogP contribution in [0.1, 0.15) is 30.5 Å². The van der Waals surface area contributed by atoms with Gasteiger partial charge in [0.25, 0.3) is 0 Å². The minimum absolute atomic E-state index is 0.0944. The van der Waals surface area contributed by atoms with Gasteiger partial charge in [0, 0.05) is 0 Å². The Labute approximate surface area is 129 Å². The number of fused-ring (bicyclic) bond motifs is 1. The molecule has 1 atom stereocenters. The summed E-state index contributed by atoms with van der Waals surface area (Å²) in [5, 5.41) is 6.80. The van der Waals surface area contributed by atoms with Gasteiger partial charge in [-0.15, -0.1) is 0 Å². The van der Waals surface area contributed by atoms with Gasteiger partial charge in [0.1, 0.15) is 31.1 Å². The van der Waals surface area contributed by atoms with Crippen molar-refractivity contribution in [3.05, 3.63) is 42.0 Å². The van der Waals surface area contributed by atoms with Gasteiger partial charge >= 0.3 is 0 Å². The Kier molecular flexibility index (Phi) is 4.37. The highest BCUT2D eigenvalue weighted by Gasteiger charge is 2.15. The molecule has 6 heteroatoms. The van der Waals surface area contributed by atoms with Crippen LogP contribution in [0.3, 0.4) is 0 Å². The summed E-state index contributed by atoms with van der Waals surface area (Å²) in [5.41, 5.74) is 2.82. The van der Waals surface area contributed by atoms with Crippen LogP contribution in [0.2, 0.25) is 0 Å². The van der Waals surface area contributed by atoms with Gasteiger partial charge in [0.15, 0.2) is 0 Å². The van der Waals surface area contributed by atoms with Crippen LogP contribution in [0.15, 0.2) is 30.9 Å². The molecule has 1 aromatic carbocycles.